The maximum Gasteiger partial charge on any atom is 0.320 e. The summed E-state index contributed by atoms with van der Waals surface area (Å²) in [4.78, 5) is 28.7. The Kier molecular flexibility index (Phi) is 6.35. The van der Waals surface area contributed by atoms with Crippen LogP contribution >= 0.6 is 11.3 Å². The van der Waals surface area contributed by atoms with Crippen LogP contribution in [0.15, 0.2) is 41.8 Å². The molecule has 0 aliphatic rings. The Morgan fingerprint density at radius 3 is 2.68 bits per heavy atom. The third kappa shape index (κ3) is 4.53. The van der Waals surface area contributed by atoms with Crippen molar-refractivity contribution in [2.45, 2.75) is 25.8 Å². The molecular weight excluding hydrogens is 386 g/mol. The number of amides is 2. The van der Waals surface area contributed by atoms with E-state index in [9.17, 15) is 18.4 Å². The summed E-state index contributed by atoms with van der Waals surface area (Å²) in [5, 5.41) is 7.19. The number of para-hydroxylation sites is 2. The first-order valence-corrected chi connectivity index (χ1v) is 9.68. The number of imidazole rings is 1. The molecule has 2 aromatic heterocycles. The van der Waals surface area contributed by atoms with Crippen LogP contribution in [0, 0.1) is 0 Å². The fourth-order valence-corrected chi connectivity index (χ4v) is 3.49. The number of thiophene rings is 1. The van der Waals surface area contributed by atoms with Crippen molar-refractivity contribution in [2.24, 2.45) is 0 Å². The van der Waals surface area contributed by atoms with Crippen LogP contribution < -0.4 is 10.6 Å². The minimum absolute atomic E-state index is 0.106. The van der Waals surface area contributed by atoms with Gasteiger partial charge in [-0.3, -0.25) is 14.2 Å². The summed E-state index contributed by atoms with van der Waals surface area (Å²) in [7, 11) is 0. The highest BCUT2D eigenvalue weighted by atomic mass is 32.1. The summed E-state index contributed by atoms with van der Waals surface area (Å²) >= 11 is 1.32. The van der Waals surface area contributed by atoms with Gasteiger partial charge in [-0.1, -0.05) is 25.1 Å². The van der Waals surface area contributed by atoms with Gasteiger partial charge < -0.3 is 10.6 Å². The quantitative estimate of drug-likeness (QED) is 0.601. The van der Waals surface area contributed by atoms with Gasteiger partial charge in [0.05, 0.1) is 15.9 Å². The highest BCUT2D eigenvalue weighted by molar-refractivity contribution is 7.12. The number of hydrogen-bond acceptors (Lipinski definition) is 4. The second-order valence-electron chi connectivity index (χ2n) is 6.29. The molecule has 2 amide bonds. The Morgan fingerprint density at radius 1 is 1.18 bits per heavy atom. The van der Waals surface area contributed by atoms with E-state index >= 15 is 0 Å². The van der Waals surface area contributed by atoms with E-state index in [0.29, 0.717) is 15.9 Å². The van der Waals surface area contributed by atoms with Crippen molar-refractivity contribution in [3.05, 3.63) is 52.5 Å². The van der Waals surface area contributed by atoms with E-state index < -0.39 is 12.5 Å². The van der Waals surface area contributed by atoms with E-state index in [0.717, 1.165) is 4.57 Å². The third-order valence-corrected chi connectivity index (χ3v) is 5.12. The lowest BCUT2D eigenvalue weighted by atomic mass is 10.1. The average molecular weight is 406 g/mol. The lowest BCUT2D eigenvalue weighted by Gasteiger charge is -2.15. The largest absolute Gasteiger partial charge is 0.355 e. The second kappa shape index (κ2) is 8.92. The topological polar surface area (TPSA) is 76.0 Å². The van der Waals surface area contributed by atoms with E-state index in [2.05, 4.69) is 15.6 Å². The Labute approximate surface area is 164 Å². The Morgan fingerprint density at radius 2 is 1.96 bits per heavy atom. The minimum Gasteiger partial charge on any atom is -0.355 e. The molecule has 2 heterocycles. The number of alkyl halides is 2. The predicted molar refractivity (Wildman–Crippen MR) is 104 cm³/mol. The van der Waals surface area contributed by atoms with Crippen LogP contribution in [0.4, 0.5) is 8.78 Å². The van der Waals surface area contributed by atoms with Crippen molar-refractivity contribution in [1.82, 2.24) is 20.2 Å². The molecule has 3 rings (SSSR count). The fourth-order valence-electron chi connectivity index (χ4n) is 2.85. The lowest BCUT2D eigenvalue weighted by molar-refractivity contribution is -0.121. The molecule has 0 bridgehead atoms. The third-order valence-electron chi connectivity index (χ3n) is 4.25. The van der Waals surface area contributed by atoms with Crippen LogP contribution in [0.5, 0.6) is 0 Å². The van der Waals surface area contributed by atoms with Crippen LogP contribution in [-0.4, -0.2) is 34.5 Å². The summed E-state index contributed by atoms with van der Waals surface area (Å²) in [6, 6.07) is 10.2. The van der Waals surface area contributed by atoms with E-state index in [1.54, 1.807) is 48.7 Å². The minimum atomic E-state index is -2.71. The predicted octanol–water partition coefficient (Wildman–Crippen LogP) is 3.53. The number of carbonyl (C=O) groups is 2. The number of fused-ring (bicyclic) bond motifs is 1. The van der Waals surface area contributed by atoms with Crippen molar-refractivity contribution in [2.75, 3.05) is 13.1 Å². The maximum atomic E-state index is 13.5. The Balaban J connectivity index is 1.53. The Bertz CT molecular complexity index is 956. The fraction of sp³-hybridized carbons (Fsp3) is 0.316. The normalized spacial score (nSPS) is 12.3. The second-order valence-corrected chi connectivity index (χ2v) is 7.24. The van der Waals surface area contributed by atoms with Gasteiger partial charge >= 0.3 is 6.55 Å². The zero-order valence-corrected chi connectivity index (χ0v) is 16.0. The molecule has 0 spiro atoms. The number of aromatic nitrogens is 2. The van der Waals surface area contributed by atoms with Crippen molar-refractivity contribution in [1.29, 1.82) is 0 Å². The zero-order chi connectivity index (χ0) is 20.1. The smallest absolute Gasteiger partial charge is 0.320 e. The molecule has 0 unspecified atom stereocenters. The zero-order valence-electron chi connectivity index (χ0n) is 15.2. The molecule has 0 saturated heterocycles. The number of nitrogens with zero attached hydrogens (tertiary/aromatic N) is 2. The first kappa shape index (κ1) is 19.9. The summed E-state index contributed by atoms with van der Waals surface area (Å²) in [6.45, 7) is -0.605. The summed E-state index contributed by atoms with van der Waals surface area (Å²) in [5.74, 6) is -0.659. The van der Waals surface area contributed by atoms with E-state index in [4.69, 9.17) is 0 Å². The molecule has 28 heavy (non-hydrogen) atoms. The molecular formula is C19H20F2N4O2S. The molecule has 0 saturated carbocycles. The van der Waals surface area contributed by atoms with Gasteiger partial charge in [0.25, 0.3) is 5.91 Å². The van der Waals surface area contributed by atoms with Crippen LogP contribution in [0.2, 0.25) is 0 Å². The van der Waals surface area contributed by atoms with E-state index in [-0.39, 0.29) is 37.1 Å². The average Bonchev–Trinajstić information content (AvgIpc) is 3.33. The van der Waals surface area contributed by atoms with Gasteiger partial charge in [-0.15, -0.1) is 11.3 Å². The summed E-state index contributed by atoms with van der Waals surface area (Å²) in [6.07, 6.45) is 0.106. The van der Waals surface area contributed by atoms with Crippen LogP contribution in [-0.2, 0) is 4.79 Å². The van der Waals surface area contributed by atoms with Crippen molar-refractivity contribution in [3.8, 4) is 0 Å². The Hall–Kier alpha value is -2.81. The number of rotatable bonds is 8. The molecule has 2 N–H and O–H groups in total. The highest BCUT2D eigenvalue weighted by Crippen LogP contribution is 2.27. The highest BCUT2D eigenvalue weighted by Gasteiger charge is 2.22. The van der Waals surface area contributed by atoms with Crippen molar-refractivity contribution in [3.63, 3.8) is 0 Å². The maximum absolute atomic E-state index is 13.5. The molecule has 6 nitrogen and oxygen atoms in total. The van der Waals surface area contributed by atoms with Crippen LogP contribution in [0.1, 0.15) is 41.3 Å². The van der Waals surface area contributed by atoms with Crippen molar-refractivity contribution < 1.29 is 18.4 Å². The van der Waals surface area contributed by atoms with Gasteiger partial charge in [0.1, 0.15) is 5.82 Å². The summed E-state index contributed by atoms with van der Waals surface area (Å²) in [5.41, 5.74) is 0.856. The van der Waals surface area contributed by atoms with Crippen molar-refractivity contribution >= 4 is 34.2 Å². The number of nitrogens with one attached hydrogen (secondary N) is 2. The van der Waals surface area contributed by atoms with E-state index in [1.807, 2.05) is 0 Å². The van der Waals surface area contributed by atoms with Gasteiger partial charge in [0, 0.05) is 25.4 Å². The first-order valence-electron chi connectivity index (χ1n) is 8.80. The number of hydrogen-bond donors (Lipinski definition) is 2. The van der Waals surface area contributed by atoms with E-state index in [1.165, 1.54) is 11.3 Å². The molecule has 0 aliphatic carbocycles. The molecule has 1 atom stereocenters. The molecule has 0 radical (unpaired) electrons. The molecule has 9 heteroatoms. The monoisotopic (exact) mass is 406 g/mol. The SMILES string of the molecule is C[C@H](CNC(=O)CCNC(=O)c1cccs1)c1nc2ccccc2n1C(F)F. The molecule has 1 aromatic carbocycles. The van der Waals surface area contributed by atoms with Gasteiger partial charge in [0.2, 0.25) is 5.91 Å². The molecule has 148 valence electrons. The molecule has 0 aliphatic heterocycles. The van der Waals surface area contributed by atoms with Gasteiger partial charge in [-0.05, 0) is 23.6 Å². The standard InChI is InChI=1S/C19H20F2N4O2S/c1-12(17-24-13-5-2-3-6-14(13)25(17)19(20)21)11-23-16(26)8-9-22-18(27)15-7-4-10-28-15/h2-7,10,12,19H,8-9,11H2,1H3,(H,22,27)(H,23,26)/t12-/m1/s1. The molecule has 3 aromatic rings. The van der Waals surface area contributed by atoms with Gasteiger partial charge in [0.15, 0.2) is 0 Å². The summed E-state index contributed by atoms with van der Waals surface area (Å²) < 4.78 is 27.9. The van der Waals surface area contributed by atoms with Crippen LogP contribution in [0.3, 0.4) is 0 Å². The first-order chi connectivity index (χ1) is 13.5. The lowest BCUT2D eigenvalue weighted by Crippen LogP contribution is -2.32. The van der Waals surface area contributed by atoms with Crippen LogP contribution in [0.25, 0.3) is 11.0 Å². The van der Waals surface area contributed by atoms with Gasteiger partial charge in [-0.2, -0.15) is 8.78 Å². The number of benzene rings is 1. The number of carbonyl (C=O) groups excluding carboxylic acids is 2. The van der Waals surface area contributed by atoms with Gasteiger partial charge in [-0.25, -0.2) is 4.98 Å². The number of halogens is 2. The molecule has 0 fully saturated rings.